The molecule has 2 atom stereocenters. The number of fused-ring (bicyclic) bond motifs is 1. The molecular formula is C22H18ClN3O5. The van der Waals surface area contributed by atoms with Crippen LogP contribution in [0.5, 0.6) is 0 Å². The topological polar surface area (TPSA) is 101 Å². The highest BCUT2D eigenvalue weighted by molar-refractivity contribution is 6.30. The SMILES string of the molecule is O=C(c1ccc(Cl)cc1)N(Cc1ccccc1[N+](=O)[O-])N1C(=O)[C@@H]2CC=CC[C@H]2C1=O. The van der Waals surface area contributed by atoms with Crippen LogP contribution in [0.2, 0.25) is 5.02 Å². The molecule has 0 unspecified atom stereocenters. The highest BCUT2D eigenvalue weighted by Gasteiger charge is 2.51. The van der Waals surface area contributed by atoms with Crippen molar-refractivity contribution >= 4 is 35.0 Å². The number of nitrogens with zero attached hydrogens (tertiary/aromatic N) is 3. The van der Waals surface area contributed by atoms with Gasteiger partial charge in [-0.3, -0.25) is 24.5 Å². The monoisotopic (exact) mass is 439 g/mol. The lowest BCUT2D eigenvalue weighted by Gasteiger charge is -2.30. The van der Waals surface area contributed by atoms with E-state index in [0.717, 1.165) is 10.0 Å². The molecule has 1 aliphatic heterocycles. The predicted octanol–water partition coefficient (Wildman–Crippen LogP) is 3.76. The van der Waals surface area contributed by atoms with Gasteiger partial charge in [-0.1, -0.05) is 42.0 Å². The zero-order valence-electron chi connectivity index (χ0n) is 16.3. The van der Waals surface area contributed by atoms with E-state index < -0.39 is 34.5 Å². The summed E-state index contributed by atoms with van der Waals surface area (Å²) in [7, 11) is 0. The van der Waals surface area contributed by atoms with Gasteiger partial charge in [0.1, 0.15) is 0 Å². The van der Waals surface area contributed by atoms with Crippen LogP contribution in [-0.4, -0.2) is 32.7 Å². The molecule has 0 aromatic heterocycles. The van der Waals surface area contributed by atoms with Gasteiger partial charge in [0.2, 0.25) is 0 Å². The van der Waals surface area contributed by atoms with E-state index in [1.807, 2.05) is 12.2 Å². The van der Waals surface area contributed by atoms with Crippen molar-refractivity contribution in [2.75, 3.05) is 0 Å². The van der Waals surface area contributed by atoms with E-state index >= 15 is 0 Å². The molecule has 2 aromatic carbocycles. The Bertz CT molecular complexity index is 1070. The van der Waals surface area contributed by atoms with Crippen molar-refractivity contribution in [2.45, 2.75) is 19.4 Å². The lowest BCUT2D eigenvalue weighted by Crippen LogP contribution is -2.49. The van der Waals surface area contributed by atoms with Crippen molar-refractivity contribution in [3.63, 3.8) is 0 Å². The van der Waals surface area contributed by atoms with Crippen molar-refractivity contribution < 1.29 is 19.3 Å². The first-order valence-electron chi connectivity index (χ1n) is 9.71. The minimum absolute atomic E-state index is 0.199. The Morgan fingerprint density at radius 3 is 2.19 bits per heavy atom. The molecule has 8 nitrogen and oxygen atoms in total. The number of nitro groups is 1. The summed E-state index contributed by atoms with van der Waals surface area (Å²) in [5, 5.41) is 13.8. The number of allylic oxidation sites excluding steroid dienone is 2. The van der Waals surface area contributed by atoms with Crippen LogP contribution in [0, 0.1) is 22.0 Å². The second-order valence-electron chi connectivity index (χ2n) is 7.40. The number of nitro benzene ring substituents is 1. The van der Waals surface area contributed by atoms with Crippen molar-refractivity contribution in [3.8, 4) is 0 Å². The zero-order valence-corrected chi connectivity index (χ0v) is 17.1. The molecule has 1 heterocycles. The van der Waals surface area contributed by atoms with Gasteiger partial charge in [0.15, 0.2) is 0 Å². The van der Waals surface area contributed by atoms with Crippen molar-refractivity contribution in [1.29, 1.82) is 0 Å². The molecule has 0 spiro atoms. The van der Waals surface area contributed by atoms with Gasteiger partial charge in [-0.05, 0) is 37.1 Å². The lowest BCUT2D eigenvalue weighted by atomic mass is 9.85. The molecule has 2 aliphatic rings. The molecule has 0 bridgehead atoms. The summed E-state index contributed by atoms with van der Waals surface area (Å²) in [6.07, 6.45) is 4.53. The molecule has 9 heteroatoms. The van der Waals surface area contributed by atoms with E-state index in [4.69, 9.17) is 11.6 Å². The van der Waals surface area contributed by atoms with Crippen LogP contribution in [0.4, 0.5) is 5.69 Å². The summed E-state index contributed by atoms with van der Waals surface area (Å²) in [5.41, 5.74) is 0.217. The van der Waals surface area contributed by atoms with Gasteiger partial charge < -0.3 is 0 Å². The fourth-order valence-electron chi connectivity index (χ4n) is 3.98. The minimum Gasteiger partial charge on any atom is -0.272 e. The van der Waals surface area contributed by atoms with Gasteiger partial charge in [0, 0.05) is 16.7 Å². The van der Waals surface area contributed by atoms with Crippen molar-refractivity contribution in [3.05, 3.63) is 86.9 Å². The summed E-state index contributed by atoms with van der Waals surface area (Å²) < 4.78 is 0. The fraction of sp³-hybridized carbons (Fsp3) is 0.227. The number of rotatable bonds is 5. The molecule has 31 heavy (non-hydrogen) atoms. The van der Waals surface area contributed by atoms with Gasteiger partial charge in [0.05, 0.1) is 28.9 Å². The smallest absolute Gasteiger partial charge is 0.272 e. The number of carbonyl (C=O) groups excluding carboxylic acids is 3. The molecule has 1 saturated heterocycles. The molecule has 0 radical (unpaired) electrons. The molecular weight excluding hydrogens is 422 g/mol. The molecule has 158 valence electrons. The van der Waals surface area contributed by atoms with E-state index in [1.54, 1.807) is 6.07 Å². The summed E-state index contributed by atoms with van der Waals surface area (Å²) in [5.74, 6) is -2.64. The van der Waals surface area contributed by atoms with Gasteiger partial charge in [-0.15, -0.1) is 0 Å². The third kappa shape index (κ3) is 3.82. The van der Waals surface area contributed by atoms with Crippen LogP contribution < -0.4 is 0 Å². The molecule has 1 aliphatic carbocycles. The highest BCUT2D eigenvalue weighted by Crippen LogP contribution is 2.37. The Hall–Kier alpha value is -3.52. The first-order valence-corrected chi connectivity index (χ1v) is 10.1. The highest BCUT2D eigenvalue weighted by atomic mass is 35.5. The van der Waals surface area contributed by atoms with Crippen LogP contribution in [0.1, 0.15) is 28.8 Å². The van der Waals surface area contributed by atoms with Crippen LogP contribution in [0.25, 0.3) is 0 Å². The van der Waals surface area contributed by atoms with Gasteiger partial charge >= 0.3 is 0 Å². The quantitative estimate of drug-likeness (QED) is 0.305. The number of hydrazine groups is 1. The number of carbonyl (C=O) groups is 3. The van der Waals surface area contributed by atoms with E-state index in [9.17, 15) is 24.5 Å². The summed E-state index contributed by atoms with van der Waals surface area (Å²) in [6.45, 7) is -0.303. The normalized spacial score (nSPS) is 20.0. The van der Waals surface area contributed by atoms with Crippen LogP contribution in [0.15, 0.2) is 60.7 Å². The molecule has 0 saturated carbocycles. The first kappa shape index (κ1) is 20.7. The number of halogens is 1. The number of hydrogen-bond acceptors (Lipinski definition) is 5. The Morgan fingerprint density at radius 1 is 1.03 bits per heavy atom. The maximum atomic E-state index is 13.4. The number of benzene rings is 2. The first-order chi connectivity index (χ1) is 14.9. The molecule has 2 aromatic rings. The van der Waals surface area contributed by atoms with Crippen LogP contribution in [0.3, 0.4) is 0 Å². The number of imide groups is 1. The van der Waals surface area contributed by atoms with Crippen LogP contribution in [-0.2, 0) is 16.1 Å². The maximum Gasteiger partial charge on any atom is 0.274 e. The lowest BCUT2D eigenvalue weighted by molar-refractivity contribution is -0.385. The van der Waals surface area contributed by atoms with Gasteiger partial charge in [-0.2, -0.15) is 5.01 Å². The summed E-state index contributed by atoms with van der Waals surface area (Å²) in [6, 6.07) is 11.9. The number of hydrogen-bond donors (Lipinski definition) is 0. The fourth-order valence-corrected chi connectivity index (χ4v) is 4.11. The molecule has 1 fully saturated rings. The Morgan fingerprint density at radius 2 is 1.61 bits per heavy atom. The largest absolute Gasteiger partial charge is 0.274 e. The third-order valence-corrected chi connectivity index (χ3v) is 5.81. The minimum atomic E-state index is -0.622. The van der Waals surface area contributed by atoms with Gasteiger partial charge in [-0.25, -0.2) is 5.01 Å². The maximum absolute atomic E-state index is 13.4. The summed E-state index contributed by atoms with van der Waals surface area (Å²) in [4.78, 5) is 50.5. The average molecular weight is 440 g/mol. The standard InChI is InChI=1S/C22H18ClN3O5/c23-16-11-9-14(10-12-16)20(27)24(13-15-5-1-4-8-19(15)26(30)31)25-21(28)17-6-2-3-7-18(17)22(25)29/h1-5,8-12,17-18H,6-7,13H2/t17-,18-/m1/s1. The van der Waals surface area contributed by atoms with Crippen molar-refractivity contribution in [2.24, 2.45) is 11.8 Å². The Balaban J connectivity index is 1.75. The molecule has 4 rings (SSSR count). The predicted molar refractivity (Wildman–Crippen MR) is 112 cm³/mol. The van der Waals surface area contributed by atoms with E-state index in [0.29, 0.717) is 17.9 Å². The van der Waals surface area contributed by atoms with Crippen LogP contribution >= 0.6 is 11.6 Å². The second-order valence-corrected chi connectivity index (χ2v) is 7.84. The van der Waals surface area contributed by atoms with Gasteiger partial charge in [0.25, 0.3) is 23.4 Å². The molecule has 0 N–H and O–H groups in total. The molecule has 3 amide bonds. The van der Waals surface area contributed by atoms with E-state index in [1.165, 1.54) is 42.5 Å². The average Bonchev–Trinajstić information content (AvgIpc) is 3.03. The van der Waals surface area contributed by atoms with E-state index in [2.05, 4.69) is 0 Å². The second kappa shape index (κ2) is 8.31. The van der Waals surface area contributed by atoms with E-state index in [-0.39, 0.29) is 23.4 Å². The Kier molecular flexibility index (Phi) is 5.56. The number of para-hydroxylation sites is 1. The third-order valence-electron chi connectivity index (χ3n) is 5.56. The zero-order chi connectivity index (χ0) is 22.1. The van der Waals surface area contributed by atoms with Crippen molar-refractivity contribution in [1.82, 2.24) is 10.0 Å². The summed E-state index contributed by atoms with van der Waals surface area (Å²) >= 11 is 5.91. The number of amides is 3. The Labute approximate surface area is 182 Å².